The molecule has 0 spiro atoms. The lowest BCUT2D eigenvalue weighted by Gasteiger charge is -2.16. The summed E-state index contributed by atoms with van der Waals surface area (Å²) in [5, 5.41) is 3.43. The van der Waals surface area contributed by atoms with E-state index in [0.29, 0.717) is 12.0 Å². The lowest BCUT2D eigenvalue weighted by Crippen LogP contribution is -2.20. The van der Waals surface area contributed by atoms with Gasteiger partial charge in [-0.25, -0.2) is 13.2 Å². The molecule has 0 heterocycles. The van der Waals surface area contributed by atoms with E-state index in [0.717, 1.165) is 29.8 Å². The Hall–Kier alpha value is -2.01. The Labute approximate surface area is 153 Å². The fourth-order valence-electron chi connectivity index (χ4n) is 3.11. The molecule has 2 nitrogen and oxygen atoms in total. The Morgan fingerprint density at radius 1 is 0.962 bits per heavy atom. The average Bonchev–Trinajstić information content (AvgIpc) is 2.70. The van der Waals surface area contributed by atoms with Crippen molar-refractivity contribution in [3.63, 3.8) is 0 Å². The van der Waals surface area contributed by atoms with Gasteiger partial charge in [0.05, 0.1) is 7.11 Å². The van der Waals surface area contributed by atoms with Gasteiger partial charge in [0.25, 0.3) is 0 Å². The molecule has 142 valence electrons. The number of hydrogen-bond donors (Lipinski definition) is 1. The standard InChI is InChI=1S/C21H26F3NO/c1-15(17-5-3-7-19(11-17)26-2)25-10-4-6-16-8-9-18(12-22)21(14-24)20(16)13-23/h3,5,7-9,11,15,25H,4,6,10,12-14H2,1-2H3. The molecule has 1 unspecified atom stereocenters. The maximum absolute atomic E-state index is 13.4. The van der Waals surface area contributed by atoms with Gasteiger partial charge in [-0.2, -0.15) is 0 Å². The molecule has 0 bridgehead atoms. The SMILES string of the molecule is COc1cccc(C(C)NCCCc2ccc(CF)c(CF)c2CF)c1. The molecule has 0 saturated carbocycles. The van der Waals surface area contributed by atoms with Gasteiger partial charge < -0.3 is 10.1 Å². The summed E-state index contributed by atoms with van der Waals surface area (Å²) in [7, 11) is 1.64. The largest absolute Gasteiger partial charge is 0.497 e. The smallest absolute Gasteiger partial charge is 0.119 e. The molecule has 1 N–H and O–H groups in total. The van der Waals surface area contributed by atoms with Crippen LogP contribution >= 0.6 is 0 Å². The van der Waals surface area contributed by atoms with Crippen LogP contribution in [0.2, 0.25) is 0 Å². The summed E-state index contributed by atoms with van der Waals surface area (Å²) in [5.74, 6) is 0.815. The maximum Gasteiger partial charge on any atom is 0.119 e. The molecule has 0 fully saturated rings. The van der Waals surface area contributed by atoms with Gasteiger partial charge in [-0.3, -0.25) is 0 Å². The van der Waals surface area contributed by atoms with Crippen molar-refractivity contribution in [1.29, 1.82) is 0 Å². The zero-order chi connectivity index (χ0) is 18.9. The topological polar surface area (TPSA) is 21.3 Å². The van der Waals surface area contributed by atoms with E-state index < -0.39 is 20.0 Å². The highest BCUT2D eigenvalue weighted by atomic mass is 19.1. The summed E-state index contributed by atoms with van der Waals surface area (Å²) in [5.41, 5.74) is 2.61. The molecule has 26 heavy (non-hydrogen) atoms. The molecule has 2 aromatic rings. The lowest BCUT2D eigenvalue weighted by atomic mass is 9.95. The number of aryl methyl sites for hydroxylation is 1. The minimum absolute atomic E-state index is 0.154. The van der Waals surface area contributed by atoms with Crippen molar-refractivity contribution < 1.29 is 17.9 Å². The maximum atomic E-state index is 13.4. The zero-order valence-electron chi connectivity index (χ0n) is 15.3. The van der Waals surface area contributed by atoms with E-state index in [1.54, 1.807) is 19.2 Å². The number of ether oxygens (including phenoxy) is 1. The quantitative estimate of drug-likeness (QED) is 0.570. The van der Waals surface area contributed by atoms with Crippen LogP contribution in [0.25, 0.3) is 0 Å². The van der Waals surface area contributed by atoms with Crippen LogP contribution < -0.4 is 10.1 Å². The van der Waals surface area contributed by atoms with Crippen LogP contribution in [0, 0.1) is 0 Å². The van der Waals surface area contributed by atoms with Crippen molar-refractivity contribution in [1.82, 2.24) is 5.32 Å². The summed E-state index contributed by atoms with van der Waals surface area (Å²) in [6.45, 7) is 0.429. The molecule has 0 aliphatic heterocycles. The van der Waals surface area contributed by atoms with Crippen LogP contribution in [0.3, 0.4) is 0 Å². The van der Waals surface area contributed by atoms with Gasteiger partial charge >= 0.3 is 0 Å². The number of hydrogen-bond acceptors (Lipinski definition) is 2. The molecule has 0 amide bonds. The average molecular weight is 365 g/mol. The summed E-state index contributed by atoms with van der Waals surface area (Å²) in [6, 6.07) is 11.3. The summed E-state index contributed by atoms with van der Waals surface area (Å²) >= 11 is 0. The number of rotatable bonds is 10. The second kappa shape index (κ2) is 10.2. The third-order valence-electron chi connectivity index (χ3n) is 4.70. The van der Waals surface area contributed by atoms with Crippen molar-refractivity contribution in [2.75, 3.05) is 13.7 Å². The minimum atomic E-state index is -0.836. The molecule has 0 aliphatic rings. The second-order valence-corrected chi connectivity index (χ2v) is 6.30. The first-order chi connectivity index (χ1) is 12.6. The molecule has 0 aliphatic carbocycles. The minimum Gasteiger partial charge on any atom is -0.497 e. The third-order valence-corrected chi connectivity index (χ3v) is 4.70. The van der Waals surface area contributed by atoms with Crippen molar-refractivity contribution in [3.8, 4) is 5.75 Å². The highest BCUT2D eigenvalue weighted by molar-refractivity contribution is 5.40. The van der Waals surface area contributed by atoms with E-state index in [1.807, 2.05) is 24.3 Å². The fraction of sp³-hybridized carbons (Fsp3) is 0.429. The molecule has 1 atom stereocenters. The first-order valence-electron chi connectivity index (χ1n) is 8.82. The highest BCUT2D eigenvalue weighted by Gasteiger charge is 2.13. The van der Waals surface area contributed by atoms with Gasteiger partial charge in [0, 0.05) is 6.04 Å². The predicted octanol–water partition coefficient (Wildman–Crippen LogP) is 5.39. The van der Waals surface area contributed by atoms with Crippen LogP contribution in [-0.2, 0) is 26.4 Å². The molecule has 2 rings (SSSR count). The number of halogens is 3. The fourth-order valence-corrected chi connectivity index (χ4v) is 3.11. The van der Waals surface area contributed by atoms with Gasteiger partial charge in [-0.15, -0.1) is 0 Å². The number of benzene rings is 2. The van der Waals surface area contributed by atoms with Crippen LogP contribution in [0.5, 0.6) is 5.75 Å². The van der Waals surface area contributed by atoms with Crippen molar-refractivity contribution in [2.24, 2.45) is 0 Å². The summed E-state index contributed by atoms with van der Waals surface area (Å²) < 4.78 is 44.7. The monoisotopic (exact) mass is 365 g/mol. The Balaban J connectivity index is 1.93. The Bertz CT molecular complexity index is 706. The Kier molecular flexibility index (Phi) is 7.98. The van der Waals surface area contributed by atoms with Crippen molar-refractivity contribution in [3.05, 3.63) is 64.2 Å². The second-order valence-electron chi connectivity index (χ2n) is 6.30. The predicted molar refractivity (Wildman–Crippen MR) is 98.6 cm³/mol. The Morgan fingerprint density at radius 2 is 1.65 bits per heavy atom. The Morgan fingerprint density at radius 3 is 2.31 bits per heavy atom. The van der Waals surface area contributed by atoms with Crippen molar-refractivity contribution in [2.45, 2.75) is 45.8 Å². The number of nitrogens with one attached hydrogen (secondary N) is 1. The molecule has 0 saturated heterocycles. The molecule has 0 radical (unpaired) electrons. The van der Waals surface area contributed by atoms with E-state index >= 15 is 0 Å². The lowest BCUT2D eigenvalue weighted by molar-refractivity contribution is 0.413. The molecule has 5 heteroatoms. The van der Waals surface area contributed by atoms with Gasteiger partial charge in [0.2, 0.25) is 0 Å². The van der Waals surface area contributed by atoms with Gasteiger partial charge in [-0.1, -0.05) is 24.3 Å². The van der Waals surface area contributed by atoms with Gasteiger partial charge in [0.1, 0.15) is 25.8 Å². The highest BCUT2D eigenvalue weighted by Crippen LogP contribution is 2.24. The molecular formula is C21H26F3NO. The zero-order valence-corrected chi connectivity index (χ0v) is 15.3. The summed E-state index contributed by atoms with van der Waals surface area (Å²) in [6.07, 6.45) is 1.40. The van der Waals surface area contributed by atoms with Gasteiger partial charge in [0.15, 0.2) is 0 Å². The molecule has 2 aromatic carbocycles. The summed E-state index contributed by atoms with van der Waals surface area (Å²) in [4.78, 5) is 0. The first kappa shape index (κ1) is 20.3. The van der Waals surface area contributed by atoms with Crippen molar-refractivity contribution >= 4 is 0 Å². The van der Waals surface area contributed by atoms with Crippen LogP contribution in [0.1, 0.15) is 47.2 Å². The van der Waals surface area contributed by atoms with Crippen LogP contribution in [0.15, 0.2) is 36.4 Å². The van der Waals surface area contributed by atoms with Gasteiger partial charge in [-0.05, 0) is 66.3 Å². The molecule has 0 aromatic heterocycles. The van der Waals surface area contributed by atoms with Crippen LogP contribution in [-0.4, -0.2) is 13.7 Å². The first-order valence-corrected chi connectivity index (χ1v) is 8.82. The number of methoxy groups -OCH3 is 1. The third kappa shape index (κ3) is 5.01. The number of alkyl halides is 3. The normalized spacial score (nSPS) is 12.2. The molecular weight excluding hydrogens is 339 g/mol. The van der Waals surface area contributed by atoms with E-state index in [4.69, 9.17) is 4.74 Å². The van der Waals surface area contributed by atoms with E-state index in [-0.39, 0.29) is 17.2 Å². The van der Waals surface area contributed by atoms with E-state index in [1.165, 1.54) is 0 Å². The van der Waals surface area contributed by atoms with Crippen LogP contribution in [0.4, 0.5) is 13.2 Å². The van der Waals surface area contributed by atoms with E-state index in [2.05, 4.69) is 12.2 Å². The van der Waals surface area contributed by atoms with E-state index in [9.17, 15) is 13.2 Å².